The maximum absolute atomic E-state index is 12.3. The number of ether oxygens (including phenoxy) is 3. The van der Waals surface area contributed by atoms with Crippen molar-refractivity contribution in [2.45, 2.75) is 26.8 Å². The maximum Gasteiger partial charge on any atom is 0.360 e. The predicted molar refractivity (Wildman–Crippen MR) is 89.4 cm³/mol. The molecule has 0 aliphatic carbocycles. The number of oxazole rings is 1. The second kappa shape index (κ2) is 11.9. The van der Waals surface area contributed by atoms with Crippen molar-refractivity contribution in [2.24, 2.45) is 0 Å². The van der Waals surface area contributed by atoms with Crippen molar-refractivity contribution in [2.75, 3.05) is 40.0 Å². The molecule has 0 radical (unpaired) electrons. The van der Waals surface area contributed by atoms with E-state index in [1.165, 1.54) is 12.0 Å². The third-order valence-electron chi connectivity index (χ3n) is 3.17. The minimum Gasteiger partial charge on any atom is -0.465 e. The summed E-state index contributed by atoms with van der Waals surface area (Å²) < 4.78 is 19.8. The van der Waals surface area contributed by atoms with Gasteiger partial charge >= 0.3 is 18.0 Å². The summed E-state index contributed by atoms with van der Waals surface area (Å²) in [5.41, 5.74) is 0.0173. The summed E-state index contributed by atoms with van der Waals surface area (Å²) in [5.74, 6) is -0.984. The van der Waals surface area contributed by atoms with Crippen LogP contribution in [0.2, 0.25) is 0 Å². The quantitative estimate of drug-likeness (QED) is 0.451. The second-order valence-corrected chi connectivity index (χ2v) is 5.05. The molecule has 0 aliphatic heterocycles. The lowest BCUT2D eigenvalue weighted by Crippen LogP contribution is -2.42. The molecule has 1 aromatic heterocycles. The molecule has 0 aromatic carbocycles. The number of rotatable bonds is 11. The summed E-state index contributed by atoms with van der Waals surface area (Å²) in [5, 5.41) is 2.48. The fourth-order valence-corrected chi connectivity index (χ4v) is 1.97. The van der Waals surface area contributed by atoms with Gasteiger partial charge in [0.2, 0.25) is 5.89 Å². The lowest BCUT2D eigenvalue weighted by molar-refractivity contribution is -0.141. The van der Waals surface area contributed by atoms with Gasteiger partial charge in [-0.2, -0.15) is 0 Å². The highest BCUT2D eigenvalue weighted by Crippen LogP contribution is 2.08. The van der Waals surface area contributed by atoms with E-state index in [-0.39, 0.29) is 31.3 Å². The molecule has 10 heteroatoms. The molecule has 0 aliphatic rings. The summed E-state index contributed by atoms with van der Waals surface area (Å²) >= 11 is 0. The number of carbonyl (C=O) groups is 3. The van der Waals surface area contributed by atoms with Crippen molar-refractivity contribution < 1.29 is 33.0 Å². The summed E-state index contributed by atoms with van der Waals surface area (Å²) in [4.78, 5) is 40.5. The van der Waals surface area contributed by atoms with Gasteiger partial charge in [-0.25, -0.2) is 14.6 Å². The minimum absolute atomic E-state index is 0.0173. The fourth-order valence-electron chi connectivity index (χ4n) is 1.97. The molecule has 0 spiro atoms. The Kier molecular flexibility index (Phi) is 9.77. The molecular weight excluding hydrogens is 346 g/mol. The van der Waals surface area contributed by atoms with Crippen LogP contribution in [0.25, 0.3) is 0 Å². The first-order chi connectivity index (χ1) is 12.5. The van der Waals surface area contributed by atoms with Crippen LogP contribution in [0.4, 0.5) is 4.79 Å². The van der Waals surface area contributed by atoms with Crippen LogP contribution in [0.1, 0.15) is 36.6 Å². The molecule has 0 fully saturated rings. The van der Waals surface area contributed by atoms with E-state index in [0.29, 0.717) is 26.2 Å². The minimum atomic E-state index is -0.630. The number of nitrogens with one attached hydrogen (secondary N) is 1. The van der Waals surface area contributed by atoms with Gasteiger partial charge in [-0.3, -0.25) is 4.79 Å². The molecule has 0 saturated heterocycles. The predicted octanol–water partition coefficient (Wildman–Crippen LogP) is 0.962. The third-order valence-corrected chi connectivity index (χ3v) is 3.17. The number of amides is 2. The number of carbonyl (C=O) groups excluding carboxylic acids is 3. The molecule has 0 bridgehead atoms. The van der Waals surface area contributed by atoms with E-state index in [1.54, 1.807) is 6.92 Å². The zero-order valence-corrected chi connectivity index (χ0v) is 15.3. The van der Waals surface area contributed by atoms with Gasteiger partial charge in [0.05, 0.1) is 20.3 Å². The van der Waals surface area contributed by atoms with E-state index < -0.39 is 18.0 Å². The van der Waals surface area contributed by atoms with Crippen LogP contribution in [0, 0.1) is 0 Å². The summed E-state index contributed by atoms with van der Waals surface area (Å²) in [6.07, 6.45) is 1.75. The van der Waals surface area contributed by atoms with Crippen molar-refractivity contribution in [1.29, 1.82) is 0 Å². The molecule has 0 unspecified atom stereocenters. The van der Waals surface area contributed by atoms with Crippen LogP contribution >= 0.6 is 0 Å². The first-order valence-corrected chi connectivity index (χ1v) is 8.30. The summed E-state index contributed by atoms with van der Waals surface area (Å²) in [7, 11) is 1.24. The Morgan fingerprint density at radius 1 is 1.27 bits per heavy atom. The number of methoxy groups -OCH3 is 1. The van der Waals surface area contributed by atoms with E-state index in [0.717, 1.165) is 6.26 Å². The lowest BCUT2D eigenvalue weighted by atomic mass is 10.4. The van der Waals surface area contributed by atoms with Gasteiger partial charge in [0.15, 0.2) is 5.69 Å². The maximum atomic E-state index is 12.3. The van der Waals surface area contributed by atoms with E-state index >= 15 is 0 Å². The van der Waals surface area contributed by atoms with Gasteiger partial charge in [-0.15, -0.1) is 0 Å². The monoisotopic (exact) mass is 371 g/mol. The molecule has 1 N–H and O–H groups in total. The van der Waals surface area contributed by atoms with Gasteiger partial charge in [0, 0.05) is 19.8 Å². The summed E-state index contributed by atoms with van der Waals surface area (Å²) in [6, 6.07) is -0.479. The van der Waals surface area contributed by atoms with E-state index in [4.69, 9.17) is 13.9 Å². The highest BCUT2D eigenvalue weighted by molar-refractivity contribution is 5.86. The van der Waals surface area contributed by atoms with Crippen LogP contribution in [-0.4, -0.2) is 67.9 Å². The molecule has 1 heterocycles. The Labute approximate surface area is 151 Å². The van der Waals surface area contributed by atoms with Gasteiger partial charge in [-0.05, 0) is 20.3 Å². The Balaban J connectivity index is 2.67. The van der Waals surface area contributed by atoms with Crippen LogP contribution in [0.5, 0.6) is 0 Å². The van der Waals surface area contributed by atoms with Crippen molar-refractivity contribution in [1.82, 2.24) is 15.2 Å². The van der Waals surface area contributed by atoms with E-state index in [2.05, 4.69) is 15.0 Å². The van der Waals surface area contributed by atoms with Gasteiger partial charge in [-0.1, -0.05) is 0 Å². The first kappa shape index (κ1) is 21.4. The standard InChI is InChI=1S/C16H25N3O7/c1-4-24-8-6-7-19(16(22)17-9-14(20)25-5-2)10-13-18-12(11-26-13)15(21)23-3/h11H,4-10H2,1-3H3,(H,17,22). The summed E-state index contributed by atoms with van der Waals surface area (Å²) in [6.45, 7) is 5.00. The molecule has 1 aromatic rings. The molecule has 0 saturated carbocycles. The topological polar surface area (TPSA) is 120 Å². The number of aromatic nitrogens is 1. The Hall–Kier alpha value is -2.62. The smallest absolute Gasteiger partial charge is 0.360 e. The SMILES string of the molecule is CCOCCCN(Cc1nc(C(=O)OC)co1)C(=O)NCC(=O)OCC. The van der Waals surface area contributed by atoms with Crippen molar-refractivity contribution in [3.05, 3.63) is 17.8 Å². The number of urea groups is 1. The Bertz CT molecular complexity index is 588. The van der Waals surface area contributed by atoms with Crippen LogP contribution < -0.4 is 5.32 Å². The zero-order chi connectivity index (χ0) is 19.4. The van der Waals surface area contributed by atoms with Crippen LogP contribution in [-0.2, 0) is 25.5 Å². The van der Waals surface area contributed by atoms with E-state index in [9.17, 15) is 14.4 Å². The molecule has 0 atom stereocenters. The molecule has 10 nitrogen and oxygen atoms in total. The highest BCUT2D eigenvalue weighted by Gasteiger charge is 2.19. The average molecular weight is 371 g/mol. The highest BCUT2D eigenvalue weighted by atomic mass is 16.5. The molecule has 1 rings (SSSR count). The molecular formula is C16H25N3O7. The second-order valence-electron chi connectivity index (χ2n) is 5.05. The molecule has 146 valence electrons. The normalized spacial score (nSPS) is 10.3. The Morgan fingerprint density at radius 2 is 2.04 bits per heavy atom. The number of nitrogens with zero attached hydrogens (tertiary/aromatic N) is 2. The largest absolute Gasteiger partial charge is 0.465 e. The fraction of sp³-hybridized carbons (Fsp3) is 0.625. The number of hydrogen-bond donors (Lipinski definition) is 1. The van der Waals surface area contributed by atoms with E-state index in [1.807, 2.05) is 6.92 Å². The molecule has 26 heavy (non-hydrogen) atoms. The average Bonchev–Trinajstić information content (AvgIpc) is 3.10. The Morgan fingerprint density at radius 3 is 2.69 bits per heavy atom. The first-order valence-electron chi connectivity index (χ1n) is 8.30. The van der Waals surface area contributed by atoms with Crippen LogP contribution in [0.3, 0.4) is 0 Å². The number of esters is 2. The van der Waals surface area contributed by atoms with Gasteiger partial charge in [0.1, 0.15) is 12.8 Å². The van der Waals surface area contributed by atoms with Gasteiger partial charge < -0.3 is 28.8 Å². The number of hydrogen-bond acceptors (Lipinski definition) is 8. The lowest BCUT2D eigenvalue weighted by Gasteiger charge is -2.21. The van der Waals surface area contributed by atoms with Gasteiger partial charge in [0.25, 0.3) is 0 Å². The molecule has 2 amide bonds. The van der Waals surface area contributed by atoms with Crippen LogP contribution in [0.15, 0.2) is 10.7 Å². The zero-order valence-electron chi connectivity index (χ0n) is 15.3. The van der Waals surface area contributed by atoms with Crippen molar-refractivity contribution in [3.8, 4) is 0 Å². The third kappa shape index (κ3) is 7.51. The van der Waals surface area contributed by atoms with Crippen molar-refractivity contribution in [3.63, 3.8) is 0 Å². The van der Waals surface area contributed by atoms with Crippen molar-refractivity contribution >= 4 is 18.0 Å².